The van der Waals surface area contributed by atoms with Crippen molar-refractivity contribution in [2.45, 2.75) is 26.4 Å². The number of thiophene rings is 1. The van der Waals surface area contributed by atoms with Crippen molar-refractivity contribution in [3.8, 4) is 0 Å². The molecule has 0 aliphatic carbocycles. The van der Waals surface area contributed by atoms with Crippen LogP contribution in [0.25, 0.3) is 0 Å². The number of carboxylic acids is 1. The summed E-state index contributed by atoms with van der Waals surface area (Å²) >= 11 is 1.44. The molecular weight excluding hydrogens is 250 g/mol. The lowest BCUT2D eigenvalue weighted by Gasteiger charge is -2.03. The zero-order valence-electron chi connectivity index (χ0n) is 10.3. The zero-order chi connectivity index (χ0) is 13.1. The molecule has 2 N–H and O–H groups in total. The Hall–Kier alpha value is -1.82. The van der Waals surface area contributed by atoms with E-state index < -0.39 is 5.97 Å². The van der Waals surface area contributed by atoms with Crippen LogP contribution in [0.2, 0.25) is 0 Å². The molecule has 0 fully saturated rings. The Morgan fingerprint density at radius 3 is 2.94 bits per heavy atom. The van der Waals surface area contributed by atoms with Crippen molar-refractivity contribution in [3.05, 3.63) is 34.3 Å². The normalized spacial score (nSPS) is 10.8. The lowest BCUT2D eigenvalue weighted by molar-refractivity contribution is 0.0697. The highest BCUT2D eigenvalue weighted by Gasteiger charge is 2.07. The third kappa shape index (κ3) is 2.89. The van der Waals surface area contributed by atoms with E-state index in [1.165, 1.54) is 11.3 Å². The molecule has 0 aliphatic heterocycles. The minimum atomic E-state index is -0.884. The van der Waals surface area contributed by atoms with Crippen LogP contribution < -0.4 is 5.32 Å². The van der Waals surface area contributed by atoms with Gasteiger partial charge in [-0.05, 0) is 19.9 Å². The molecule has 18 heavy (non-hydrogen) atoms. The predicted octanol–water partition coefficient (Wildman–Crippen LogP) is 2.84. The van der Waals surface area contributed by atoms with Crippen molar-refractivity contribution in [2.75, 3.05) is 5.32 Å². The van der Waals surface area contributed by atoms with Gasteiger partial charge in [0, 0.05) is 29.0 Å². The third-order valence-corrected chi connectivity index (χ3v) is 3.43. The maximum Gasteiger partial charge on any atom is 0.336 e. The number of aromatic carboxylic acids is 1. The molecule has 0 bridgehead atoms. The number of hydrogen-bond donors (Lipinski definition) is 2. The Balaban J connectivity index is 1.95. The molecule has 0 atom stereocenters. The Kier molecular flexibility index (Phi) is 3.66. The molecule has 2 aromatic heterocycles. The highest BCUT2D eigenvalue weighted by molar-refractivity contribution is 7.10. The van der Waals surface area contributed by atoms with Gasteiger partial charge in [0.25, 0.3) is 0 Å². The van der Waals surface area contributed by atoms with E-state index in [1.807, 2.05) is 10.9 Å². The van der Waals surface area contributed by atoms with Gasteiger partial charge in [-0.1, -0.05) is 0 Å². The number of carboxylic acid groups (broad SMARTS) is 1. The lowest BCUT2D eigenvalue weighted by Crippen LogP contribution is -2.00. The van der Waals surface area contributed by atoms with Crippen LogP contribution in [0.4, 0.5) is 5.69 Å². The SMILES string of the molecule is CC(C)n1cc(NCc2cc(C(=O)O)cs2)cn1. The first-order valence-electron chi connectivity index (χ1n) is 5.65. The Bertz CT molecular complexity index is 545. The highest BCUT2D eigenvalue weighted by Crippen LogP contribution is 2.17. The number of carbonyl (C=O) groups is 1. The highest BCUT2D eigenvalue weighted by atomic mass is 32.1. The minimum absolute atomic E-state index is 0.334. The van der Waals surface area contributed by atoms with E-state index in [9.17, 15) is 4.79 Å². The van der Waals surface area contributed by atoms with Gasteiger partial charge in [-0.2, -0.15) is 5.10 Å². The van der Waals surface area contributed by atoms with Crippen molar-refractivity contribution in [1.82, 2.24) is 9.78 Å². The number of hydrogen-bond acceptors (Lipinski definition) is 4. The lowest BCUT2D eigenvalue weighted by atomic mass is 10.3. The molecule has 0 radical (unpaired) electrons. The number of nitrogens with zero attached hydrogens (tertiary/aromatic N) is 2. The van der Waals surface area contributed by atoms with Gasteiger partial charge in [0.1, 0.15) is 0 Å². The molecule has 0 unspecified atom stereocenters. The molecule has 5 nitrogen and oxygen atoms in total. The van der Waals surface area contributed by atoms with Gasteiger partial charge >= 0.3 is 5.97 Å². The molecule has 2 rings (SSSR count). The van der Waals surface area contributed by atoms with Crippen LogP contribution in [0, 0.1) is 0 Å². The van der Waals surface area contributed by atoms with Crippen molar-refractivity contribution in [2.24, 2.45) is 0 Å². The van der Waals surface area contributed by atoms with Gasteiger partial charge in [-0.3, -0.25) is 4.68 Å². The van der Waals surface area contributed by atoms with Crippen molar-refractivity contribution >= 4 is 23.0 Å². The van der Waals surface area contributed by atoms with E-state index in [0.29, 0.717) is 18.2 Å². The summed E-state index contributed by atoms with van der Waals surface area (Å²) in [4.78, 5) is 11.7. The molecule has 0 aliphatic rings. The maximum atomic E-state index is 10.7. The van der Waals surface area contributed by atoms with Gasteiger partial charge in [0.05, 0.1) is 17.4 Å². The summed E-state index contributed by atoms with van der Waals surface area (Å²) in [5, 5.41) is 17.9. The van der Waals surface area contributed by atoms with Crippen molar-refractivity contribution < 1.29 is 9.90 Å². The average molecular weight is 265 g/mol. The average Bonchev–Trinajstić information content (AvgIpc) is 2.95. The van der Waals surface area contributed by atoms with Crippen molar-refractivity contribution in [3.63, 3.8) is 0 Å². The first-order valence-corrected chi connectivity index (χ1v) is 6.53. The fourth-order valence-electron chi connectivity index (χ4n) is 1.49. The summed E-state index contributed by atoms with van der Waals surface area (Å²) in [5.41, 5.74) is 1.28. The largest absolute Gasteiger partial charge is 0.478 e. The third-order valence-electron chi connectivity index (χ3n) is 2.50. The summed E-state index contributed by atoms with van der Waals surface area (Å²) in [7, 11) is 0. The Labute approximate surface area is 109 Å². The summed E-state index contributed by atoms with van der Waals surface area (Å²) in [6.07, 6.45) is 3.71. The number of anilines is 1. The van der Waals surface area contributed by atoms with Crippen LogP contribution in [0.15, 0.2) is 23.8 Å². The zero-order valence-corrected chi connectivity index (χ0v) is 11.1. The van der Waals surface area contributed by atoms with E-state index in [4.69, 9.17) is 5.11 Å². The molecule has 0 saturated heterocycles. The van der Waals surface area contributed by atoms with Gasteiger partial charge in [0.15, 0.2) is 0 Å². The standard InChI is InChI=1S/C12H15N3O2S/c1-8(2)15-6-10(4-14-15)13-5-11-3-9(7-18-11)12(16)17/h3-4,6-8,13H,5H2,1-2H3,(H,16,17). The Morgan fingerprint density at radius 2 is 2.39 bits per heavy atom. The molecular formula is C12H15N3O2S. The second-order valence-electron chi connectivity index (χ2n) is 4.26. The van der Waals surface area contributed by atoms with E-state index in [2.05, 4.69) is 24.3 Å². The van der Waals surface area contributed by atoms with E-state index in [0.717, 1.165) is 10.6 Å². The van der Waals surface area contributed by atoms with Crippen LogP contribution in [-0.4, -0.2) is 20.9 Å². The number of rotatable bonds is 5. The minimum Gasteiger partial charge on any atom is -0.478 e. The smallest absolute Gasteiger partial charge is 0.336 e. The van der Waals surface area contributed by atoms with Gasteiger partial charge in [0.2, 0.25) is 0 Å². The fraction of sp³-hybridized carbons (Fsp3) is 0.333. The summed E-state index contributed by atoms with van der Waals surface area (Å²) < 4.78 is 1.87. The van der Waals surface area contributed by atoms with Crippen LogP contribution in [0.1, 0.15) is 35.1 Å². The van der Waals surface area contributed by atoms with Crippen LogP contribution in [0.3, 0.4) is 0 Å². The summed E-state index contributed by atoms with van der Waals surface area (Å²) in [5.74, 6) is -0.884. The van der Waals surface area contributed by atoms with E-state index in [-0.39, 0.29) is 0 Å². The second-order valence-corrected chi connectivity index (χ2v) is 5.26. The molecule has 0 aromatic carbocycles. The summed E-state index contributed by atoms with van der Waals surface area (Å²) in [6, 6.07) is 2.02. The fourth-order valence-corrected chi connectivity index (χ4v) is 2.28. The monoisotopic (exact) mass is 265 g/mol. The van der Waals surface area contributed by atoms with Crippen LogP contribution in [-0.2, 0) is 6.54 Å². The van der Waals surface area contributed by atoms with E-state index in [1.54, 1.807) is 17.6 Å². The number of nitrogens with one attached hydrogen (secondary N) is 1. The molecule has 2 heterocycles. The molecule has 96 valence electrons. The first-order chi connectivity index (χ1) is 8.56. The molecule has 0 saturated carbocycles. The molecule has 0 amide bonds. The Morgan fingerprint density at radius 1 is 1.61 bits per heavy atom. The maximum absolute atomic E-state index is 10.7. The van der Waals surface area contributed by atoms with E-state index >= 15 is 0 Å². The van der Waals surface area contributed by atoms with Crippen LogP contribution >= 0.6 is 11.3 Å². The van der Waals surface area contributed by atoms with Gasteiger partial charge in [-0.25, -0.2) is 4.79 Å². The van der Waals surface area contributed by atoms with Gasteiger partial charge in [-0.15, -0.1) is 11.3 Å². The van der Waals surface area contributed by atoms with Crippen LogP contribution in [0.5, 0.6) is 0 Å². The predicted molar refractivity (Wildman–Crippen MR) is 71.2 cm³/mol. The second kappa shape index (κ2) is 5.22. The molecule has 0 spiro atoms. The molecule has 2 aromatic rings. The summed E-state index contributed by atoms with van der Waals surface area (Å²) in [6.45, 7) is 4.74. The first kappa shape index (κ1) is 12.6. The quantitative estimate of drug-likeness (QED) is 0.872. The number of aromatic nitrogens is 2. The molecule has 6 heteroatoms. The topological polar surface area (TPSA) is 67.2 Å². The van der Waals surface area contributed by atoms with Crippen molar-refractivity contribution in [1.29, 1.82) is 0 Å². The van der Waals surface area contributed by atoms with Gasteiger partial charge < -0.3 is 10.4 Å².